The molecule has 5 heterocycles. The van der Waals surface area contributed by atoms with Crippen molar-refractivity contribution in [1.29, 1.82) is 0 Å². The molecule has 1 saturated heterocycles. The maximum Gasteiger partial charge on any atom is 0.416 e. The number of thiophene rings is 1. The van der Waals surface area contributed by atoms with Gasteiger partial charge in [-0.05, 0) is 47.8 Å². The number of carbonyl (C=O) groups is 1. The van der Waals surface area contributed by atoms with E-state index in [1.54, 1.807) is 17.5 Å². The summed E-state index contributed by atoms with van der Waals surface area (Å²) in [6, 6.07) is 10.1. The van der Waals surface area contributed by atoms with Crippen LogP contribution in [0.3, 0.4) is 0 Å². The second kappa shape index (κ2) is 9.65. The molecule has 0 aliphatic carbocycles. The number of hydrogen-bond donors (Lipinski definition) is 2. The second-order valence-electron chi connectivity index (χ2n) is 8.83. The van der Waals surface area contributed by atoms with Gasteiger partial charge >= 0.3 is 6.18 Å². The maximum atomic E-state index is 13.0. The smallest absolute Gasteiger partial charge is 0.353 e. The SMILES string of the molecule is O=C(NCc1ccc2sccc2n1)[C@@H]1CN(c2ncnc3nn(-c4ccc(C(F)(F)F)cc4)cc23)CCN1. The molecule has 9 nitrogen and oxygen atoms in total. The summed E-state index contributed by atoms with van der Waals surface area (Å²) < 4.78 is 41.4. The molecule has 5 aromatic rings. The van der Waals surface area contributed by atoms with Crippen LogP contribution < -0.4 is 15.5 Å². The van der Waals surface area contributed by atoms with E-state index in [2.05, 4.69) is 30.7 Å². The second-order valence-corrected chi connectivity index (χ2v) is 9.78. The lowest BCUT2D eigenvalue weighted by molar-refractivity contribution is -0.137. The van der Waals surface area contributed by atoms with E-state index in [1.807, 2.05) is 28.5 Å². The summed E-state index contributed by atoms with van der Waals surface area (Å²) in [6.07, 6.45) is -1.33. The zero-order chi connectivity index (χ0) is 26.3. The van der Waals surface area contributed by atoms with Gasteiger partial charge in [-0.1, -0.05) is 0 Å². The van der Waals surface area contributed by atoms with Gasteiger partial charge in [-0.15, -0.1) is 16.4 Å². The highest BCUT2D eigenvalue weighted by Gasteiger charge is 2.30. The molecule has 1 amide bonds. The average Bonchev–Trinajstić information content (AvgIpc) is 3.58. The Morgan fingerprint density at radius 1 is 1.13 bits per heavy atom. The van der Waals surface area contributed by atoms with Crippen molar-refractivity contribution in [3.8, 4) is 5.69 Å². The van der Waals surface area contributed by atoms with Gasteiger partial charge in [0, 0.05) is 25.8 Å². The molecule has 0 unspecified atom stereocenters. The molecule has 0 radical (unpaired) electrons. The quantitative estimate of drug-likeness (QED) is 0.353. The van der Waals surface area contributed by atoms with Crippen molar-refractivity contribution in [2.45, 2.75) is 18.8 Å². The molecule has 6 rings (SSSR count). The van der Waals surface area contributed by atoms with Crippen LogP contribution in [0, 0.1) is 0 Å². The van der Waals surface area contributed by atoms with Crippen LogP contribution in [0.1, 0.15) is 11.3 Å². The Hall–Kier alpha value is -4.10. The van der Waals surface area contributed by atoms with Gasteiger partial charge in [0.05, 0.1) is 39.1 Å². The van der Waals surface area contributed by atoms with Crippen LogP contribution in [-0.2, 0) is 17.5 Å². The number of pyridine rings is 1. The van der Waals surface area contributed by atoms with Crippen molar-refractivity contribution in [1.82, 2.24) is 35.4 Å². The van der Waals surface area contributed by atoms with Crippen LogP contribution in [0.2, 0.25) is 0 Å². The highest BCUT2D eigenvalue weighted by molar-refractivity contribution is 7.17. The number of piperazine rings is 1. The van der Waals surface area contributed by atoms with E-state index in [0.717, 1.165) is 28.0 Å². The lowest BCUT2D eigenvalue weighted by Gasteiger charge is -2.33. The number of halogens is 3. The van der Waals surface area contributed by atoms with Crippen LogP contribution in [0.4, 0.5) is 19.0 Å². The van der Waals surface area contributed by atoms with Crippen LogP contribution in [0.15, 0.2) is 60.4 Å². The molecule has 38 heavy (non-hydrogen) atoms. The average molecular weight is 539 g/mol. The molecule has 1 aliphatic rings. The molecule has 13 heteroatoms. The summed E-state index contributed by atoms with van der Waals surface area (Å²) in [5.41, 5.74) is 1.84. The van der Waals surface area contributed by atoms with E-state index >= 15 is 0 Å². The first-order valence-electron chi connectivity index (χ1n) is 11.8. The summed E-state index contributed by atoms with van der Waals surface area (Å²) in [4.78, 5) is 28.2. The lowest BCUT2D eigenvalue weighted by atomic mass is 10.2. The number of benzene rings is 1. The normalized spacial score (nSPS) is 16.3. The van der Waals surface area contributed by atoms with Crippen LogP contribution in [-0.4, -0.2) is 56.3 Å². The van der Waals surface area contributed by atoms with Crippen molar-refractivity contribution in [3.05, 3.63) is 71.6 Å². The predicted octanol–water partition coefficient (Wildman–Crippen LogP) is 3.54. The first-order valence-corrected chi connectivity index (χ1v) is 12.7. The molecule has 4 aromatic heterocycles. The highest BCUT2D eigenvalue weighted by atomic mass is 32.1. The van der Waals surface area contributed by atoms with Gasteiger partial charge in [0.15, 0.2) is 5.65 Å². The number of nitrogens with one attached hydrogen (secondary N) is 2. The van der Waals surface area contributed by atoms with Gasteiger partial charge in [-0.3, -0.25) is 9.78 Å². The third-order valence-electron chi connectivity index (χ3n) is 6.35. The van der Waals surface area contributed by atoms with Crippen molar-refractivity contribution in [2.75, 3.05) is 24.5 Å². The van der Waals surface area contributed by atoms with Crippen molar-refractivity contribution in [3.63, 3.8) is 0 Å². The Morgan fingerprint density at radius 3 is 2.79 bits per heavy atom. The first kappa shape index (κ1) is 24.2. The molecule has 0 spiro atoms. The number of fused-ring (bicyclic) bond motifs is 2. The van der Waals surface area contributed by atoms with Crippen LogP contribution >= 0.6 is 11.3 Å². The van der Waals surface area contributed by atoms with E-state index in [9.17, 15) is 18.0 Å². The molecule has 1 aromatic carbocycles. The zero-order valence-corrected chi connectivity index (χ0v) is 20.6. The molecular weight excluding hydrogens is 517 g/mol. The fourth-order valence-electron chi connectivity index (χ4n) is 4.43. The largest absolute Gasteiger partial charge is 0.416 e. The van der Waals surface area contributed by atoms with Gasteiger partial charge in [0.25, 0.3) is 0 Å². The number of aromatic nitrogens is 5. The fourth-order valence-corrected chi connectivity index (χ4v) is 5.15. The van der Waals surface area contributed by atoms with Gasteiger partial charge in [0.2, 0.25) is 5.91 Å². The Morgan fingerprint density at radius 2 is 1.97 bits per heavy atom. The Bertz CT molecular complexity index is 1610. The van der Waals surface area contributed by atoms with Crippen LogP contribution in [0.5, 0.6) is 0 Å². The fraction of sp³-hybridized carbons (Fsp3) is 0.240. The number of amides is 1. The van der Waals surface area contributed by atoms with Gasteiger partial charge < -0.3 is 15.5 Å². The van der Waals surface area contributed by atoms with E-state index in [-0.39, 0.29) is 5.91 Å². The van der Waals surface area contributed by atoms with Crippen LogP contribution in [0.25, 0.3) is 26.9 Å². The summed E-state index contributed by atoms with van der Waals surface area (Å²) in [6.45, 7) is 1.87. The molecule has 2 N–H and O–H groups in total. The minimum absolute atomic E-state index is 0.146. The van der Waals surface area contributed by atoms with E-state index in [1.165, 1.54) is 23.1 Å². The third kappa shape index (κ3) is 4.77. The van der Waals surface area contributed by atoms with Crippen molar-refractivity contribution in [2.24, 2.45) is 0 Å². The number of rotatable bonds is 5. The van der Waals surface area contributed by atoms with Gasteiger partial charge in [-0.25, -0.2) is 14.6 Å². The Labute approximate surface area is 218 Å². The van der Waals surface area contributed by atoms with E-state index in [0.29, 0.717) is 48.7 Å². The topological polar surface area (TPSA) is 101 Å². The monoisotopic (exact) mass is 538 g/mol. The van der Waals surface area contributed by atoms with Crippen molar-refractivity contribution >= 4 is 44.3 Å². The lowest BCUT2D eigenvalue weighted by Crippen LogP contribution is -2.57. The van der Waals surface area contributed by atoms with Crippen molar-refractivity contribution < 1.29 is 18.0 Å². The third-order valence-corrected chi connectivity index (χ3v) is 7.23. The minimum atomic E-state index is -4.41. The van der Waals surface area contributed by atoms with E-state index in [4.69, 9.17) is 0 Å². The molecular formula is C25H21F3N8OS. The zero-order valence-electron chi connectivity index (χ0n) is 19.8. The highest BCUT2D eigenvalue weighted by Crippen LogP contribution is 2.30. The molecule has 1 fully saturated rings. The molecule has 0 saturated carbocycles. The molecule has 1 aliphatic heterocycles. The maximum absolute atomic E-state index is 13.0. The summed E-state index contributed by atoms with van der Waals surface area (Å²) in [5.74, 6) is 0.463. The minimum Gasteiger partial charge on any atom is -0.353 e. The first-order chi connectivity index (χ1) is 18.3. The predicted molar refractivity (Wildman–Crippen MR) is 137 cm³/mol. The van der Waals surface area contributed by atoms with Gasteiger partial charge in [0.1, 0.15) is 18.2 Å². The molecule has 0 bridgehead atoms. The standard InChI is InChI=1S/C25H21F3N8OS/c26-25(27,28)15-1-4-17(5-2-15)36-12-18-22(34-36)31-14-32-23(18)35-9-8-29-20(13-35)24(37)30-11-16-3-6-21-19(33-16)7-10-38-21/h1-7,10,12,14,20,29H,8-9,11,13H2,(H,30,37)/t20-/m0/s1. The summed E-state index contributed by atoms with van der Waals surface area (Å²) in [7, 11) is 0. The number of carbonyl (C=O) groups excluding carboxylic acids is 1. The summed E-state index contributed by atoms with van der Waals surface area (Å²) >= 11 is 1.62. The Balaban J connectivity index is 1.17. The molecule has 194 valence electrons. The summed E-state index contributed by atoms with van der Waals surface area (Å²) in [5, 5.41) is 13.3. The molecule has 1 atom stereocenters. The number of anilines is 1. The van der Waals surface area contributed by atoms with Gasteiger partial charge in [-0.2, -0.15) is 13.2 Å². The van der Waals surface area contributed by atoms with E-state index < -0.39 is 17.8 Å². The number of hydrogen-bond acceptors (Lipinski definition) is 8. The number of alkyl halides is 3. The number of nitrogens with zero attached hydrogens (tertiary/aromatic N) is 6. The Kier molecular flexibility index (Phi) is 6.16.